The third-order valence-electron chi connectivity index (χ3n) is 3.10. The van der Waals surface area contributed by atoms with Crippen LogP contribution in [0.5, 0.6) is 0 Å². The van der Waals surface area contributed by atoms with Gasteiger partial charge in [0, 0.05) is 6.54 Å². The zero-order valence-electron chi connectivity index (χ0n) is 11.5. The van der Waals surface area contributed by atoms with Gasteiger partial charge in [0.1, 0.15) is 0 Å². The molecule has 0 amide bonds. The first-order chi connectivity index (χ1) is 9.93. The van der Waals surface area contributed by atoms with E-state index in [-0.39, 0.29) is 5.56 Å². The van der Waals surface area contributed by atoms with E-state index in [1.807, 2.05) is 0 Å². The Morgan fingerprint density at radius 1 is 1.14 bits per heavy atom. The Balaban J connectivity index is 3.46. The van der Waals surface area contributed by atoms with Crippen LogP contribution in [0.1, 0.15) is 12.5 Å². The molecule has 0 aliphatic carbocycles. The maximum Gasteiger partial charge on any atom is 0.362 e. The maximum absolute atomic E-state index is 11.9. The van der Waals surface area contributed by atoms with Crippen LogP contribution in [0, 0.1) is 5.92 Å². The van der Waals surface area contributed by atoms with Crippen LogP contribution < -0.4 is 5.32 Å². The van der Waals surface area contributed by atoms with E-state index in [0.717, 1.165) is 12.1 Å². The minimum atomic E-state index is -5.40. The van der Waals surface area contributed by atoms with Gasteiger partial charge < -0.3 is 24.7 Å². The van der Waals surface area contributed by atoms with E-state index in [4.69, 9.17) is 5.11 Å². The van der Waals surface area contributed by atoms with Crippen LogP contribution in [0.25, 0.3) is 0 Å². The highest BCUT2D eigenvalue weighted by Gasteiger charge is 2.61. The Morgan fingerprint density at radius 3 is 1.95 bits per heavy atom. The van der Waals surface area contributed by atoms with Gasteiger partial charge in [-0.25, -0.2) is 0 Å². The second-order valence-electron chi connectivity index (χ2n) is 4.75. The molecule has 1 atom stereocenters. The highest BCUT2D eigenvalue weighted by Crippen LogP contribution is 2.72. The van der Waals surface area contributed by atoms with Crippen molar-refractivity contribution >= 4 is 21.2 Å². The fraction of sp³-hybridized carbons (Fsp3) is 0.364. The Hall–Kier alpha value is -1.05. The summed E-state index contributed by atoms with van der Waals surface area (Å²) < 4.78 is 23.8. The molecule has 1 aromatic rings. The van der Waals surface area contributed by atoms with Gasteiger partial charge in [0.05, 0.1) is 5.92 Å². The number of carboxylic acid groups (broad SMARTS) is 1. The lowest BCUT2D eigenvalue weighted by Gasteiger charge is -2.36. The Kier molecular flexibility index (Phi) is 5.70. The van der Waals surface area contributed by atoms with E-state index >= 15 is 0 Å². The molecule has 0 heterocycles. The molecule has 6 N–H and O–H groups in total. The summed E-state index contributed by atoms with van der Waals surface area (Å²) in [6.07, 6.45) is 0. The summed E-state index contributed by atoms with van der Waals surface area (Å²) in [5, 5.41) is 7.94. The SMILES string of the molecule is CC(CNC(c1ccccc1)(P(=O)(O)O)P(=O)(O)O)C(=O)O. The lowest BCUT2D eigenvalue weighted by atomic mass is 10.1. The Morgan fingerprint density at radius 2 is 1.59 bits per heavy atom. The maximum atomic E-state index is 11.9. The molecule has 0 aromatic heterocycles. The number of rotatable bonds is 7. The second-order valence-corrected chi connectivity index (χ2v) is 8.62. The Bertz CT molecular complexity index is 600. The van der Waals surface area contributed by atoms with E-state index in [2.05, 4.69) is 5.32 Å². The highest BCUT2D eigenvalue weighted by atomic mass is 31.2. The molecule has 0 aliphatic heterocycles. The van der Waals surface area contributed by atoms with Crippen molar-refractivity contribution in [2.45, 2.75) is 11.9 Å². The average molecular weight is 353 g/mol. The third-order valence-corrected chi connectivity index (χ3v) is 7.18. The van der Waals surface area contributed by atoms with E-state index in [1.165, 1.54) is 25.1 Å². The number of nitrogens with one attached hydrogen (secondary N) is 1. The molecule has 0 bridgehead atoms. The molecular formula is C11H17NO8P2. The summed E-state index contributed by atoms with van der Waals surface area (Å²) in [6, 6.07) is 6.52. The standard InChI is InChI=1S/C11H17NO8P2/c1-8(10(13)14)7-12-11(21(15,16)17,22(18,19)20)9-5-3-2-4-6-9/h2-6,8,12H,7H2,1H3,(H,13,14)(H2,15,16,17)(H2,18,19,20). The van der Waals surface area contributed by atoms with Gasteiger partial charge in [0.2, 0.25) is 5.02 Å². The summed E-state index contributed by atoms with van der Waals surface area (Å²) in [4.78, 5) is 49.1. The van der Waals surface area contributed by atoms with Gasteiger partial charge in [-0.3, -0.25) is 19.2 Å². The minimum Gasteiger partial charge on any atom is -0.481 e. The molecule has 124 valence electrons. The predicted molar refractivity (Wildman–Crippen MR) is 77.0 cm³/mol. The second kappa shape index (κ2) is 6.60. The van der Waals surface area contributed by atoms with Gasteiger partial charge in [0.25, 0.3) is 0 Å². The van der Waals surface area contributed by atoms with Gasteiger partial charge in [-0.2, -0.15) is 0 Å². The van der Waals surface area contributed by atoms with Gasteiger partial charge in [-0.1, -0.05) is 37.3 Å². The van der Waals surface area contributed by atoms with E-state index < -0.39 is 38.6 Å². The number of carbonyl (C=O) groups is 1. The van der Waals surface area contributed by atoms with Gasteiger partial charge in [0.15, 0.2) is 0 Å². The molecule has 0 saturated heterocycles. The lowest BCUT2D eigenvalue weighted by molar-refractivity contribution is -0.141. The molecule has 1 aromatic carbocycles. The largest absolute Gasteiger partial charge is 0.481 e. The molecule has 1 unspecified atom stereocenters. The zero-order chi connectivity index (χ0) is 17.2. The smallest absolute Gasteiger partial charge is 0.362 e. The summed E-state index contributed by atoms with van der Waals surface area (Å²) >= 11 is 0. The van der Waals surface area contributed by atoms with Crippen molar-refractivity contribution in [2.75, 3.05) is 6.54 Å². The molecule has 22 heavy (non-hydrogen) atoms. The molecule has 9 nitrogen and oxygen atoms in total. The number of benzene rings is 1. The van der Waals surface area contributed by atoms with E-state index in [1.54, 1.807) is 0 Å². The molecular weight excluding hydrogens is 336 g/mol. The normalized spacial score (nSPS) is 14.6. The molecule has 0 fully saturated rings. The monoisotopic (exact) mass is 353 g/mol. The minimum absolute atomic E-state index is 0.325. The zero-order valence-corrected chi connectivity index (χ0v) is 13.3. The fourth-order valence-corrected chi connectivity index (χ4v) is 4.79. The van der Waals surface area contributed by atoms with Crippen molar-refractivity contribution in [3.63, 3.8) is 0 Å². The summed E-state index contributed by atoms with van der Waals surface area (Å²) in [6.45, 7) is 0.699. The van der Waals surface area contributed by atoms with E-state index in [9.17, 15) is 33.5 Å². The third kappa shape index (κ3) is 3.64. The van der Waals surface area contributed by atoms with Crippen LogP contribution >= 0.6 is 15.2 Å². The van der Waals surface area contributed by atoms with Crippen LogP contribution in [-0.4, -0.2) is 37.2 Å². The molecule has 0 aliphatic rings. The van der Waals surface area contributed by atoms with Crippen LogP contribution in [0.15, 0.2) is 30.3 Å². The summed E-state index contributed by atoms with van der Waals surface area (Å²) in [7, 11) is -10.8. The van der Waals surface area contributed by atoms with Crippen molar-refractivity contribution in [3.05, 3.63) is 35.9 Å². The molecule has 0 spiro atoms. The quantitative estimate of drug-likeness (QED) is 0.382. The van der Waals surface area contributed by atoms with Crippen LogP contribution in [0.3, 0.4) is 0 Å². The van der Waals surface area contributed by atoms with Gasteiger partial charge in [-0.05, 0) is 5.56 Å². The topological polar surface area (TPSA) is 164 Å². The summed E-state index contributed by atoms with van der Waals surface area (Å²) in [5.74, 6) is -2.38. The Labute approximate surface area is 126 Å². The van der Waals surface area contributed by atoms with Gasteiger partial charge >= 0.3 is 21.2 Å². The lowest BCUT2D eigenvalue weighted by Crippen LogP contribution is -2.44. The first-order valence-corrected chi connectivity index (χ1v) is 9.30. The molecule has 0 saturated carbocycles. The number of aliphatic carboxylic acids is 1. The van der Waals surface area contributed by atoms with Gasteiger partial charge in [-0.15, -0.1) is 0 Å². The van der Waals surface area contributed by atoms with Crippen LogP contribution in [-0.2, 0) is 18.9 Å². The number of carboxylic acids is 1. The first kappa shape index (κ1) is 19.0. The highest BCUT2D eigenvalue weighted by molar-refractivity contribution is 7.71. The number of hydrogen-bond acceptors (Lipinski definition) is 4. The van der Waals surface area contributed by atoms with Crippen molar-refractivity contribution in [1.82, 2.24) is 5.32 Å². The van der Waals surface area contributed by atoms with E-state index in [0.29, 0.717) is 0 Å². The summed E-state index contributed by atoms with van der Waals surface area (Å²) in [5.41, 5.74) is -0.325. The van der Waals surface area contributed by atoms with Crippen molar-refractivity contribution in [3.8, 4) is 0 Å². The van der Waals surface area contributed by atoms with Crippen molar-refractivity contribution in [2.24, 2.45) is 5.92 Å². The predicted octanol–water partition coefficient (Wildman–Crippen LogP) is 0.463. The first-order valence-electron chi connectivity index (χ1n) is 6.08. The average Bonchev–Trinajstić information content (AvgIpc) is 2.36. The van der Waals surface area contributed by atoms with Crippen LogP contribution in [0.2, 0.25) is 0 Å². The fourth-order valence-electron chi connectivity index (χ4n) is 1.87. The molecule has 1 rings (SSSR count). The van der Waals surface area contributed by atoms with Crippen LogP contribution in [0.4, 0.5) is 0 Å². The van der Waals surface area contributed by atoms with Crippen molar-refractivity contribution in [1.29, 1.82) is 0 Å². The molecule has 0 radical (unpaired) electrons. The molecule has 11 heteroatoms. The van der Waals surface area contributed by atoms with Crippen molar-refractivity contribution < 1.29 is 38.6 Å². The number of hydrogen-bond donors (Lipinski definition) is 6.